The molecule has 1 N–H and O–H groups in total. The lowest BCUT2D eigenvalue weighted by Crippen LogP contribution is -2.36. The molecule has 2 nitrogen and oxygen atoms in total. The van der Waals surface area contributed by atoms with E-state index in [1.807, 2.05) is 36.0 Å². The minimum atomic E-state index is 0.484. The van der Waals surface area contributed by atoms with Gasteiger partial charge in [-0.1, -0.05) is 28.8 Å². The molecule has 0 amide bonds. The highest BCUT2D eigenvalue weighted by molar-refractivity contribution is 9.10. The Kier molecular flexibility index (Phi) is 6.05. The molecule has 1 aliphatic rings. The molecule has 2 rings (SSSR count). The van der Waals surface area contributed by atoms with Gasteiger partial charge in [0.2, 0.25) is 0 Å². The van der Waals surface area contributed by atoms with E-state index in [-0.39, 0.29) is 0 Å². The Hall–Kier alpha value is -0.190. The summed E-state index contributed by atoms with van der Waals surface area (Å²) in [7, 11) is 0. The monoisotopic (exact) mass is 343 g/mol. The van der Waals surface area contributed by atoms with Crippen molar-refractivity contribution < 1.29 is 4.74 Å². The molecular formula is C15H22BrNOS. The number of hydrogen-bond acceptors (Lipinski definition) is 3. The molecule has 0 saturated heterocycles. The fourth-order valence-corrected chi connectivity index (χ4v) is 3.77. The summed E-state index contributed by atoms with van der Waals surface area (Å²) in [6, 6.07) is 7.99. The van der Waals surface area contributed by atoms with Gasteiger partial charge in [0, 0.05) is 22.3 Å². The highest BCUT2D eigenvalue weighted by Gasteiger charge is 2.32. The maximum Gasteiger partial charge on any atom is 0.119 e. The van der Waals surface area contributed by atoms with Gasteiger partial charge in [0.05, 0.1) is 0 Å². The fraction of sp³-hybridized carbons (Fsp3) is 0.600. The van der Waals surface area contributed by atoms with E-state index in [9.17, 15) is 0 Å². The summed E-state index contributed by atoms with van der Waals surface area (Å²) in [5.41, 5.74) is 0. The SMILES string of the molecule is CSC1(CNCCOc2ccc(Br)cc2)CCCC1. The Morgan fingerprint density at radius 2 is 1.95 bits per heavy atom. The van der Waals surface area contributed by atoms with Crippen molar-refractivity contribution in [3.63, 3.8) is 0 Å². The summed E-state index contributed by atoms with van der Waals surface area (Å²) in [6.45, 7) is 2.75. The zero-order chi connectivity index (χ0) is 13.6. The Morgan fingerprint density at radius 1 is 1.26 bits per heavy atom. The molecule has 1 aliphatic carbocycles. The van der Waals surface area contributed by atoms with Crippen molar-refractivity contribution in [1.29, 1.82) is 0 Å². The molecule has 1 fully saturated rings. The Labute approximate surface area is 128 Å². The van der Waals surface area contributed by atoms with E-state index in [2.05, 4.69) is 27.5 Å². The lowest BCUT2D eigenvalue weighted by Gasteiger charge is -2.27. The topological polar surface area (TPSA) is 21.3 Å². The van der Waals surface area contributed by atoms with Crippen molar-refractivity contribution in [3.8, 4) is 5.75 Å². The highest BCUT2D eigenvalue weighted by atomic mass is 79.9. The number of rotatable bonds is 7. The van der Waals surface area contributed by atoms with Crippen molar-refractivity contribution in [2.75, 3.05) is 26.0 Å². The molecule has 0 radical (unpaired) electrons. The Bertz CT molecular complexity index is 376. The minimum Gasteiger partial charge on any atom is -0.492 e. The van der Waals surface area contributed by atoms with Crippen LogP contribution in [0.3, 0.4) is 0 Å². The quantitative estimate of drug-likeness (QED) is 0.753. The Morgan fingerprint density at radius 3 is 2.58 bits per heavy atom. The fourth-order valence-electron chi connectivity index (χ4n) is 2.56. The lowest BCUT2D eigenvalue weighted by atomic mass is 10.1. The standard InChI is InChI=1S/C15H22BrNOS/c1-19-15(8-2-3-9-15)12-17-10-11-18-14-6-4-13(16)5-7-14/h4-7,17H,2-3,8-12H2,1H3. The van der Waals surface area contributed by atoms with Crippen LogP contribution in [0.5, 0.6) is 5.75 Å². The van der Waals surface area contributed by atoms with Crippen LogP contribution in [-0.2, 0) is 0 Å². The van der Waals surface area contributed by atoms with Crippen LogP contribution in [0.25, 0.3) is 0 Å². The first-order chi connectivity index (χ1) is 9.24. The summed E-state index contributed by atoms with van der Waals surface area (Å²) in [5.74, 6) is 0.936. The van der Waals surface area contributed by atoms with Gasteiger partial charge in [-0.15, -0.1) is 0 Å². The molecule has 0 aliphatic heterocycles. The molecule has 0 bridgehead atoms. The smallest absolute Gasteiger partial charge is 0.119 e. The van der Waals surface area contributed by atoms with Crippen LogP contribution in [0, 0.1) is 0 Å². The molecule has 1 aromatic rings. The Balaban J connectivity index is 1.63. The number of nitrogens with one attached hydrogen (secondary N) is 1. The zero-order valence-electron chi connectivity index (χ0n) is 11.5. The first-order valence-corrected chi connectivity index (χ1v) is 8.90. The summed E-state index contributed by atoms with van der Waals surface area (Å²) >= 11 is 5.45. The van der Waals surface area contributed by atoms with Crippen LogP contribution in [-0.4, -0.2) is 30.7 Å². The molecule has 1 aromatic carbocycles. The molecule has 0 heterocycles. The molecule has 1 saturated carbocycles. The van der Waals surface area contributed by atoms with Crippen molar-refractivity contribution in [2.24, 2.45) is 0 Å². The summed E-state index contributed by atoms with van der Waals surface area (Å²) in [6.07, 6.45) is 7.73. The van der Waals surface area contributed by atoms with Crippen LogP contribution in [0.1, 0.15) is 25.7 Å². The van der Waals surface area contributed by atoms with E-state index in [0.29, 0.717) is 4.75 Å². The van der Waals surface area contributed by atoms with Crippen molar-refractivity contribution in [2.45, 2.75) is 30.4 Å². The summed E-state index contributed by atoms with van der Waals surface area (Å²) < 4.78 is 7.27. The molecule has 0 spiro atoms. The van der Waals surface area contributed by atoms with Crippen molar-refractivity contribution >= 4 is 27.7 Å². The number of halogens is 1. The second kappa shape index (κ2) is 7.55. The van der Waals surface area contributed by atoms with Gasteiger partial charge in [-0.25, -0.2) is 0 Å². The molecule has 0 atom stereocenters. The molecule has 4 heteroatoms. The molecule has 0 aromatic heterocycles. The average molecular weight is 344 g/mol. The van der Waals surface area contributed by atoms with Crippen LogP contribution >= 0.6 is 27.7 Å². The second-order valence-corrected chi connectivity index (χ2v) is 7.26. The predicted octanol–water partition coefficient (Wildman–Crippen LogP) is 4.09. The summed E-state index contributed by atoms with van der Waals surface area (Å²) in [4.78, 5) is 0. The van der Waals surface area contributed by atoms with Gasteiger partial charge in [-0.3, -0.25) is 0 Å². The minimum absolute atomic E-state index is 0.484. The first kappa shape index (κ1) is 15.2. The van der Waals surface area contributed by atoms with Crippen LogP contribution in [0.2, 0.25) is 0 Å². The van der Waals surface area contributed by atoms with Crippen LogP contribution in [0.15, 0.2) is 28.7 Å². The maximum absolute atomic E-state index is 5.70. The van der Waals surface area contributed by atoms with Gasteiger partial charge >= 0.3 is 0 Å². The van der Waals surface area contributed by atoms with Gasteiger partial charge in [0.15, 0.2) is 0 Å². The van der Waals surface area contributed by atoms with E-state index in [4.69, 9.17) is 4.74 Å². The van der Waals surface area contributed by atoms with E-state index >= 15 is 0 Å². The largest absolute Gasteiger partial charge is 0.492 e. The van der Waals surface area contributed by atoms with E-state index in [1.54, 1.807) is 0 Å². The maximum atomic E-state index is 5.70. The number of thioether (sulfide) groups is 1. The third-order valence-electron chi connectivity index (χ3n) is 3.76. The highest BCUT2D eigenvalue weighted by Crippen LogP contribution is 2.39. The number of hydrogen-bond donors (Lipinski definition) is 1. The molecule has 106 valence electrons. The third kappa shape index (κ3) is 4.69. The number of ether oxygens (including phenoxy) is 1. The normalized spacial score (nSPS) is 17.6. The van der Waals surface area contributed by atoms with E-state index in [1.165, 1.54) is 25.7 Å². The van der Waals surface area contributed by atoms with Gasteiger partial charge in [-0.05, 0) is 43.4 Å². The van der Waals surface area contributed by atoms with E-state index in [0.717, 1.165) is 29.9 Å². The van der Waals surface area contributed by atoms with Crippen LogP contribution < -0.4 is 10.1 Å². The molecule has 0 unspecified atom stereocenters. The zero-order valence-corrected chi connectivity index (χ0v) is 13.9. The third-order valence-corrected chi connectivity index (χ3v) is 5.70. The van der Waals surface area contributed by atoms with E-state index < -0.39 is 0 Å². The lowest BCUT2D eigenvalue weighted by molar-refractivity contribution is 0.311. The molecule has 19 heavy (non-hydrogen) atoms. The second-order valence-electron chi connectivity index (χ2n) is 5.07. The summed E-state index contributed by atoms with van der Waals surface area (Å²) in [5, 5.41) is 3.55. The van der Waals surface area contributed by atoms with Gasteiger partial charge < -0.3 is 10.1 Å². The molecular weight excluding hydrogens is 322 g/mol. The van der Waals surface area contributed by atoms with Crippen molar-refractivity contribution in [3.05, 3.63) is 28.7 Å². The first-order valence-electron chi connectivity index (χ1n) is 6.88. The van der Waals surface area contributed by atoms with Gasteiger partial charge in [0.1, 0.15) is 12.4 Å². The van der Waals surface area contributed by atoms with Gasteiger partial charge in [0.25, 0.3) is 0 Å². The average Bonchev–Trinajstić information content (AvgIpc) is 2.90. The van der Waals surface area contributed by atoms with Crippen LogP contribution in [0.4, 0.5) is 0 Å². The van der Waals surface area contributed by atoms with Gasteiger partial charge in [-0.2, -0.15) is 11.8 Å². The predicted molar refractivity (Wildman–Crippen MR) is 87.2 cm³/mol. The number of benzene rings is 1. The van der Waals surface area contributed by atoms with Crippen molar-refractivity contribution in [1.82, 2.24) is 5.32 Å².